The van der Waals surface area contributed by atoms with E-state index in [4.69, 9.17) is 4.74 Å². The van der Waals surface area contributed by atoms with Crippen molar-refractivity contribution in [3.8, 4) is 11.1 Å². The average molecular weight is 377 g/mol. The van der Waals surface area contributed by atoms with Crippen molar-refractivity contribution in [3.63, 3.8) is 0 Å². The molecule has 0 atom stereocenters. The van der Waals surface area contributed by atoms with E-state index >= 15 is 0 Å². The maximum absolute atomic E-state index is 12.3. The van der Waals surface area contributed by atoms with Crippen molar-refractivity contribution in [3.05, 3.63) is 71.4 Å². The molecule has 0 spiro atoms. The van der Waals surface area contributed by atoms with Crippen molar-refractivity contribution in [2.24, 2.45) is 0 Å². The van der Waals surface area contributed by atoms with Gasteiger partial charge in [-0.05, 0) is 36.1 Å². The number of hydrogen-bond acceptors (Lipinski definition) is 4. The van der Waals surface area contributed by atoms with Gasteiger partial charge in [0.1, 0.15) is 6.61 Å². The summed E-state index contributed by atoms with van der Waals surface area (Å²) in [5.41, 5.74) is 5.36. The number of nitrogens with one attached hydrogen (secondary N) is 1. The fraction of sp³-hybridized carbons (Fsp3) is 0.273. The number of carbonyl (C=O) groups is 1. The van der Waals surface area contributed by atoms with Crippen LogP contribution in [0.2, 0.25) is 0 Å². The van der Waals surface area contributed by atoms with Crippen molar-refractivity contribution in [1.82, 2.24) is 9.78 Å². The molecule has 1 aromatic heterocycles. The second-order valence-corrected chi connectivity index (χ2v) is 7.17. The van der Waals surface area contributed by atoms with Crippen molar-refractivity contribution < 1.29 is 14.6 Å². The molecule has 1 aliphatic rings. The summed E-state index contributed by atoms with van der Waals surface area (Å²) >= 11 is 0. The van der Waals surface area contributed by atoms with Gasteiger partial charge in [0.25, 0.3) is 0 Å². The lowest BCUT2D eigenvalue weighted by Gasteiger charge is -2.14. The number of aliphatic hydroxyl groups excluding tert-OH is 1. The highest BCUT2D eigenvalue weighted by Crippen LogP contribution is 2.44. The van der Waals surface area contributed by atoms with Gasteiger partial charge in [-0.2, -0.15) is 5.10 Å². The quantitative estimate of drug-likeness (QED) is 0.694. The van der Waals surface area contributed by atoms with Gasteiger partial charge in [0, 0.05) is 18.0 Å². The highest BCUT2D eigenvalue weighted by Gasteiger charge is 2.29. The Labute approximate surface area is 163 Å². The molecule has 0 saturated carbocycles. The van der Waals surface area contributed by atoms with Crippen LogP contribution in [0.4, 0.5) is 10.6 Å². The summed E-state index contributed by atoms with van der Waals surface area (Å²) in [4.78, 5) is 12.3. The van der Waals surface area contributed by atoms with E-state index < -0.39 is 6.09 Å². The maximum atomic E-state index is 12.3. The number of aromatic nitrogens is 2. The van der Waals surface area contributed by atoms with E-state index in [0.717, 1.165) is 0 Å². The first-order valence-electron chi connectivity index (χ1n) is 9.39. The number of nitrogens with zero attached hydrogens (tertiary/aromatic N) is 2. The minimum absolute atomic E-state index is 0.0133. The molecule has 28 heavy (non-hydrogen) atoms. The smallest absolute Gasteiger partial charge is 0.412 e. The van der Waals surface area contributed by atoms with Crippen LogP contribution in [0.5, 0.6) is 0 Å². The minimum atomic E-state index is -0.556. The number of benzene rings is 2. The van der Waals surface area contributed by atoms with Gasteiger partial charge < -0.3 is 9.84 Å². The number of ether oxygens (including phenoxy) is 1. The number of anilines is 1. The molecular weight excluding hydrogens is 354 g/mol. The van der Waals surface area contributed by atoms with Crippen LogP contribution in [0.25, 0.3) is 11.1 Å². The summed E-state index contributed by atoms with van der Waals surface area (Å²) in [7, 11) is 0. The number of rotatable bonds is 5. The molecule has 1 aliphatic carbocycles. The fourth-order valence-electron chi connectivity index (χ4n) is 3.80. The number of aliphatic hydroxyl groups is 1. The van der Waals surface area contributed by atoms with E-state index in [0.29, 0.717) is 11.5 Å². The zero-order chi connectivity index (χ0) is 19.7. The highest BCUT2D eigenvalue weighted by atomic mass is 16.5. The first-order valence-corrected chi connectivity index (χ1v) is 9.39. The Morgan fingerprint density at radius 3 is 2.29 bits per heavy atom. The lowest BCUT2D eigenvalue weighted by atomic mass is 9.98. The summed E-state index contributed by atoms with van der Waals surface area (Å²) in [6, 6.07) is 18.2. The van der Waals surface area contributed by atoms with Crippen molar-refractivity contribution >= 4 is 11.9 Å². The van der Waals surface area contributed by atoms with Gasteiger partial charge in [0.15, 0.2) is 5.82 Å². The summed E-state index contributed by atoms with van der Waals surface area (Å²) < 4.78 is 7.20. The topological polar surface area (TPSA) is 76.4 Å². The van der Waals surface area contributed by atoms with Crippen LogP contribution in [-0.2, 0) is 11.3 Å². The minimum Gasteiger partial charge on any atom is -0.448 e. The maximum Gasteiger partial charge on any atom is 0.412 e. The predicted octanol–water partition coefficient (Wildman–Crippen LogP) is 4.32. The number of hydrogen-bond donors (Lipinski definition) is 2. The highest BCUT2D eigenvalue weighted by molar-refractivity contribution is 5.84. The average Bonchev–Trinajstić information content (AvgIpc) is 3.25. The second kappa shape index (κ2) is 7.48. The van der Waals surface area contributed by atoms with Crippen LogP contribution in [0.1, 0.15) is 42.6 Å². The Balaban J connectivity index is 1.47. The largest absolute Gasteiger partial charge is 0.448 e. The van der Waals surface area contributed by atoms with Gasteiger partial charge >= 0.3 is 6.09 Å². The lowest BCUT2D eigenvalue weighted by Crippen LogP contribution is -2.18. The molecule has 0 saturated heterocycles. The molecule has 0 aliphatic heterocycles. The first-order chi connectivity index (χ1) is 13.6. The van der Waals surface area contributed by atoms with Crippen LogP contribution in [-0.4, -0.2) is 27.6 Å². The predicted molar refractivity (Wildman–Crippen MR) is 107 cm³/mol. The molecule has 0 bridgehead atoms. The Kier molecular flexibility index (Phi) is 4.88. The number of fused-ring (bicyclic) bond motifs is 3. The molecule has 0 unspecified atom stereocenters. The van der Waals surface area contributed by atoms with Crippen LogP contribution in [0.15, 0.2) is 54.6 Å². The summed E-state index contributed by atoms with van der Waals surface area (Å²) in [6.07, 6.45) is -0.556. The standard InChI is InChI=1S/C22H23N3O3/c1-14(2)25-15(12-26)11-21(24-25)23-22(27)28-13-20-18-9-5-3-7-16(18)17-8-4-6-10-19(17)20/h3-11,14,20,26H,12-13H2,1-2H3,(H,23,24,27). The number of carbonyl (C=O) groups excluding carboxylic acids is 1. The van der Waals surface area contributed by atoms with Gasteiger partial charge in [-0.3, -0.25) is 10.00 Å². The zero-order valence-electron chi connectivity index (χ0n) is 15.9. The van der Waals surface area contributed by atoms with Crippen LogP contribution in [0.3, 0.4) is 0 Å². The molecule has 2 N–H and O–H groups in total. The molecule has 3 aromatic rings. The summed E-state index contributed by atoms with van der Waals surface area (Å²) in [5, 5.41) is 16.4. The Morgan fingerprint density at radius 1 is 1.14 bits per heavy atom. The van der Waals surface area contributed by atoms with Crippen LogP contribution >= 0.6 is 0 Å². The molecule has 0 radical (unpaired) electrons. The van der Waals surface area contributed by atoms with Crippen LogP contribution < -0.4 is 5.32 Å². The molecule has 0 fully saturated rings. The second-order valence-electron chi connectivity index (χ2n) is 7.17. The molecule has 1 amide bonds. The van der Waals surface area contributed by atoms with Crippen molar-refractivity contribution in [1.29, 1.82) is 0 Å². The fourth-order valence-corrected chi connectivity index (χ4v) is 3.80. The van der Waals surface area contributed by atoms with Crippen molar-refractivity contribution in [2.45, 2.75) is 32.4 Å². The normalized spacial score (nSPS) is 12.7. The molecule has 4 rings (SSSR count). The molecule has 6 nitrogen and oxygen atoms in total. The van der Waals surface area contributed by atoms with Gasteiger partial charge in [0.2, 0.25) is 0 Å². The molecular formula is C22H23N3O3. The lowest BCUT2D eigenvalue weighted by molar-refractivity contribution is 0.158. The van der Waals surface area contributed by atoms with Gasteiger partial charge in [-0.15, -0.1) is 0 Å². The van der Waals surface area contributed by atoms with E-state index in [9.17, 15) is 9.90 Å². The Morgan fingerprint density at radius 2 is 1.75 bits per heavy atom. The summed E-state index contributed by atoms with van der Waals surface area (Å²) in [5.74, 6) is 0.384. The third kappa shape index (κ3) is 3.27. The van der Waals surface area contributed by atoms with Gasteiger partial charge in [-0.1, -0.05) is 48.5 Å². The third-order valence-corrected chi connectivity index (χ3v) is 5.04. The van der Waals surface area contributed by atoms with Gasteiger partial charge in [0.05, 0.1) is 12.3 Å². The van der Waals surface area contributed by atoms with Gasteiger partial charge in [-0.25, -0.2) is 4.79 Å². The van der Waals surface area contributed by atoms with E-state index in [1.165, 1.54) is 22.3 Å². The Hall–Kier alpha value is -3.12. The Bertz CT molecular complexity index is 964. The zero-order valence-corrected chi connectivity index (χ0v) is 15.9. The SMILES string of the molecule is CC(C)n1nc(NC(=O)OCC2c3ccccc3-c3ccccc32)cc1CO. The monoisotopic (exact) mass is 377 g/mol. The number of amides is 1. The summed E-state index contributed by atoms with van der Waals surface area (Å²) in [6.45, 7) is 4.03. The van der Waals surface area contributed by atoms with E-state index in [1.807, 2.05) is 38.1 Å². The van der Waals surface area contributed by atoms with E-state index in [-0.39, 0.29) is 25.2 Å². The van der Waals surface area contributed by atoms with E-state index in [2.05, 4.69) is 34.7 Å². The third-order valence-electron chi connectivity index (χ3n) is 5.04. The molecule has 2 aromatic carbocycles. The van der Waals surface area contributed by atoms with Crippen molar-refractivity contribution in [2.75, 3.05) is 11.9 Å². The molecule has 144 valence electrons. The molecule has 1 heterocycles. The van der Waals surface area contributed by atoms with E-state index in [1.54, 1.807) is 10.7 Å². The van der Waals surface area contributed by atoms with Crippen LogP contribution in [0, 0.1) is 0 Å². The first kappa shape index (κ1) is 18.3. The molecule has 6 heteroatoms.